The highest BCUT2D eigenvalue weighted by Crippen LogP contribution is 2.34. The number of Topliss-reactive ketones (excluding diaryl/α,β-unsaturated/α-hetero) is 1. The van der Waals surface area contributed by atoms with Gasteiger partial charge in [-0.15, -0.1) is 0 Å². The van der Waals surface area contributed by atoms with E-state index < -0.39 is 23.1 Å². The molecule has 0 radical (unpaired) electrons. The molecule has 2 rings (SSSR count). The maximum Gasteiger partial charge on any atom is 0.324 e. The number of phenols is 1. The van der Waals surface area contributed by atoms with Gasteiger partial charge in [0.1, 0.15) is 5.75 Å². The highest BCUT2D eigenvalue weighted by molar-refractivity contribution is 6.49. The standard InChI is InChI=1S/C14H15NO6/c1-20-8-14(13(19)21-2)7-15(12(18)11(14)17)9-3-5-10(16)6-4-9/h3-6,16H,7-8H2,1-2H3. The summed E-state index contributed by atoms with van der Waals surface area (Å²) in [7, 11) is 2.49. The van der Waals surface area contributed by atoms with Crippen molar-refractivity contribution in [2.75, 3.05) is 32.3 Å². The number of nitrogens with zero attached hydrogens (tertiary/aromatic N) is 1. The predicted molar refractivity (Wildman–Crippen MR) is 71.8 cm³/mol. The van der Waals surface area contributed by atoms with Crippen LogP contribution in [-0.2, 0) is 23.9 Å². The Kier molecular flexibility index (Phi) is 3.95. The lowest BCUT2D eigenvalue weighted by Crippen LogP contribution is -2.44. The number of ketones is 1. The number of carbonyl (C=O) groups is 3. The van der Waals surface area contributed by atoms with Crippen molar-refractivity contribution >= 4 is 23.3 Å². The van der Waals surface area contributed by atoms with Gasteiger partial charge in [0.2, 0.25) is 5.78 Å². The van der Waals surface area contributed by atoms with Crippen LogP contribution >= 0.6 is 0 Å². The second-order valence-electron chi connectivity index (χ2n) is 4.74. The maximum atomic E-state index is 12.2. The van der Waals surface area contributed by atoms with E-state index in [4.69, 9.17) is 4.74 Å². The largest absolute Gasteiger partial charge is 0.508 e. The summed E-state index contributed by atoms with van der Waals surface area (Å²) in [6.07, 6.45) is 0. The molecule has 0 aromatic heterocycles. The molecule has 1 saturated heterocycles. The summed E-state index contributed by atoms with van der Waals surface area (Å²) in [6, 6.07) is 5.75. The van der Waals surface area contributed by atoms with Gasteiger partial charge in [-0.2, -0.15) is 0 Å². The molecule has 1 aliphatic heterocycles. The molecule has 112 valence electrons. The molecule has 1 amide bonds. The van der Waals surface area contributed by atoms with E-state index >= 15 is 0 Å². The summed E-state index contributed by atoms with van der Waals surface area (Å²) >= 11 is 0. The van der Waals surface area contributed by atoms with Gasteiger partial charge in [-0.3, -0.25) is 14.4 Å². The molecular formula is C14H15NO6. The molecule has 1 unspecified atom stereocenters. The number of carbonyl (C=O) groups excluding carboxylic acids is 3. The number of aromatic hydroxyl groups is 1. The van der Waals surface area contributed by atoms with Crippen LogP contribution in [0.2, 0.25) is 0 Å². The minimum atomic E-state index is -1.65. The van der Waals surface area contributed by atoms with E-state index in [9.17, 15) is 19.5 Å². The second kappa shape index (κ2) is 5.53. The zero-order chi connectivity index (χ0) is 15.6. The molecule has 1 aromatic rings. The van der Waals surface area contributed by atoms with Gasteiger partial charge in [0, 0.05) is 12.8 Å². The summed E-state index contributed by atoms with van der Waals surface area (Å²) in [5.74, 6) is -2.43. The fourth-order valence-corrected chi connectivity index (χ4v) is 2.35. The first-order valence-corrected chi connectivity index (χ1v) is 6.19. The lowest BCUT2D eigenvalue weighted by molar-refractivity contribution is -0.160. The molecule has 1 fully saturated rings. The molecule has 1 aromatic carbocycles. The van der Waals surface area contributed by atoms with Gasteiger partial charge >= 0.3 is 5.97 Å². The van der Waals surface area contributed by atoms with Crippen LogP contribution in [0.25, 0.3) is 0 Å². The molecule has 0 bridgehead atoms. The number of ether oxygens (including phenoxy) is 2. The van der Waals surface area contributed by atoms with E-state index in [1.807, 2.05) is 0 Å². The number of anilines is 1. The fraction of sp³-hybridized carbons (Fsp3) is 0.357. The van der Waals surface area contributed by atoms with Gasteiger partial charge in [0.05, 0.1) is 20.3 Å². The Labute approximate surface area is 121 Å². The molecule has 1 N–H and O–H groups in total. The summed E-state index contributed by atoms with van der Waals surface area (Å²) in [5.41, 5.74) is -1.24. The molecule has 1 heterocycles. The summed E-state index contributed by atoms with van der Waals surface area (Å²) in [6.45, 7) is -0.394. The highest BCUT2D eigenvalue weighted by atomic mass is 16.5. The minimum Gasteiger partial charge on any atom is -0.508 e. The Morgan fingerprint density at radius 3 is 2.43 bits per heavy atom. The number of amides is 1. The smallest absolute Gasteiger partial charge is 0.324 e. The van der Waals surface area contributed by atoms with E-state index in [0.717, 1.165) is 7.11 Å². The van der Waals surface area contributed by atoms with Gasteiger partial charge < -0.3 is 19.5 Å². The topological polar surface area (TPSA) is 93.1 Å². The normalized spacial score (nSPS) is 21.7. The lowest BCUT2D eigenvalue weighted by atomic mass is 9.87. The van der Waals surface area contributed by atoms with Crippen molar-refractivity contribution in [1.29, 1.82) is 0 Å². The zero-order valence-corrected chi connectivity index (χ0v) is 11.7. The summed E-state index contributed by atoms with van der Waals surface area (Å²) in [4.78, 5) is 37.5. The van der Waals surface area contributed by atoms with Crippen molar-refractivity contribution in [3.8, 4) is 5.75 Å². The number of hydrogen-bond acceptors (Lipinski definition) is 6. The van der Waals surface area contributed by atoms with Gasteiger partial charge in [-0.25, -0.2) is 0 Å². The van der Waals surface area contributed by atoms with Gasteiger partial charge in [0.25, 0.3) is 5.91 Å². The van der Waals surface area contributed by atoms with Crippen molar-refractivity contribution in [2.45, 2.75) is 0 Å². The van der Waals surface area contributed by atoms with Crippen molar-refractivity contribution in [2.24, 2.45) is 5.41 Å². The van der Waals surface area contributed by atoms with E-state index in [0.29, 0.717) is 5.69 Å². The van der Waals surface area contributed by atoms with Gasteiger partial charge in [-0.05, 0) is 24.3 Å². The molecule has 0 aliphatic carbocycles. The van der Waals surface area contributed by atoms with Gasteiger partial charge in [0.15, 0.2) is 5.41 Å². The van der Waals surface area contributed by atoms with Crippen LogP contribution in [-0.4, -0.2) is 50.1 Å². The van der Waals surface area contributed by atoms with Crippen molar-refractivity contribution in [3.63, 3.8) is 0 Å². The highest BCUT2D eigenvalue weighted by Gasteiger charge is 2.58. The van der Waals surface area contributed by atoms with Crippen LogP contribution in [0.5, 0.6) is 5.75 Å². The predicted octanol–water partition coefficient (Wildman–Crippen LogP) is 0.114. The first kappa shape index (κ1) is 15.0. The number of esters is 1. The van der Waals surface area contributed by atoms with Gasteiger partial charge in [-0.1, -0.05) is 0 Å². The quantitative estimate of drug-likeness (QED) is 0.481. The lowest BCUT2D eigenvalue weighted by Gasteiger charge is -2.23. The Hall–Kier alpha value is -2.41. The van der Waals surface area contributed by atoms with Crippen LogP contribution in [0.4, 0.5) is 5.69 Å². The summed E-state index contributed by atoms with van der Waals surface area (Å²) in [5, 5.41) is 9.27. The van der Waals surface area contributed by atoms with Crippen LogP contribution in [0, 0.1) is 5.41 Å². The maximum absolute atomic E-state index is 12.2. The Balaban J connectivity index is 2.40. The Bertz CT molecular complexity index is 582. The van der Waals surface area contributed by atoms with Crippen LogP contribution in [0.1, 0.15) is 0 Å². The monoisotopic (exact) mass is 293 g/mol. The van der Waals surface area contributed by atoms with Crippen molar-refractivity contribution in [3.05, 3.63) is 24.3 Å². The first-order valence-electron chi connectivity index (χ1n) is 6.19. The van der Waals surface area contributed by atoms with E-state index in [2.05, 4.69) is 4.74 Å². The second-order valence-corrected chi connectivity index (χ2v) is 4.74. The molecular weight excluding hydrogens is 278 g/mol. The molecule has 7 heteroatoms. The van der Waals surface area contributed by atoms with E-state index in [-0.39, 0.29) is 18.9 Å². The Morgan fingerprint density at radius 1 is 1.29 bits per heavy atom. The third kappa shape index (κ3) is 2.36. The zero-order valence-electron chi connectivity index (χ0n) is 11.7. The number of phenolic OH excluding ortho intramolecular Hbond substituents is 1. The van der Waals surface area contributed by atoms with Crippen LogP contribution in [0.3, 0.4) is 0 Å². The number of hydrogen-bond donors (Lipinski definition) is 1. The van der Waals surface area contributed by atoms with Crippen LogP contribution < -0.4 is 4.90 Å². The molecule has 0 saturated carbocycles. The van der Waals surface area contributed by atoms with Crippen molar-refractivity contribution < 1.29 is 29.0 Å². The van der Waals surface area contributed by atoms with Crippen LogP contribution in [0.15, 0.2) is 24.3 Å². The van der Waals surface area contributed by atoms with E-state index in [1.54, 1.807) is 0 Å². The SMILES string of the molecule is COCC1(C(=O)OC)CN(c2ccc(O)cc2)C(=O)C1=O. The molecule has 7 nitrogen and oxygen atoms in total. The third-order valence-electron chi connectivity index (χ3n) is 3.43. The summed E-state index contributed by atoms with van der Waals surface area (Å²) < 4.78 is 9.59. The number of benzene rings is 1. The number of methoxy groups -OCH3 is 2. The number of rotatable bonds is 4. The molecule has 21 heavy (non-hydrogen) atoms. The first-order chi connectivity index (χ1) is 9.96. The Morgan fingerprint density at radius 2 is 1.90 bits per heavy atom. The molecule has 0 spiro atoms. The fourth-order valence-electron chi connectivity index (χ4n) is 2.35. The van der Waals surface area contributed by atoms with Crippen molar-refractivity contribution in [1.82, 2.24) is 0 Å². The average molecular weight is 293 g/mol. The third-order valence-corrected chi connectivity index (χ3v) is 3.43. The minimum absolute atomic E-state index is 0.0350. The molecule has 1 aliphatic rings. The van der Waals surface area contributed by atoms with E-state index in [1.165, 1.54) is 36.3 Å². The molecule has 1 atom stereocenters. The average Bonchev–Trinajstić information content (AvgIpc) is 2.74.